The first kappa shape index (κ1) is 29.2. The fourth-order valence-corrected chi connectivity index (χ4v) is 9.64. The molecule has 0 aliphatic heterocycles. The summed E-state index contributed by atoms with van der Waals surface area (Å²) >= 11 is 0. The van der Waals surface area contributed by atoms with Crippen LogP contribution in [0.5, 0.6) is 0 Å². The summed E-state index contributed by atoms with van der Waals surface area (Å²) in [5, 5.41) is 5.14. The predicted octanol–water partition coefficient (Wildman–Crippen LogP) is 13.6. The average Bonchev–Trinajstić information content (AvgIpc) is 3.53. The van der Waals surface area contributed by atoms with Crippen molar-refractivity contribution in [2.24, 2.45) is 0 Å². The number of rotatable bonds is 3. The van der Waals surface area contributed by atoms with Crippen molar-refractivity contribution in [2.45, 2.75) is 38.5 Å². The molecule has 0 unspecified atom stereocenters. The van der Waals surface area contributed by atoms with Gasteiger partial charge in [0.25, 0.3) is 0 Å². The molecular weight excluding hydrogens is 601 g/mol. The summed E-state index contributed by atoms with van der Waals surface area (Å²) in [5.74, 6) is 0. The van der Waals surface area contributed by atoms with Crippen LogP contribution in [0.25, 0.3) is 77.2 Å². The zero-order valence-corrected chi connectivity index (χ0v) is 29.0. The van der Waals surface area contributed by atoms with Crippen LogP contribution in [0.3, 0.4) is 0 Å². The van der Waals surface area contributed by atoms with E-state index in [1.54, 1.807) is 0 Å². The summed E-state index contributed by atoms with van der Waals surface area (Å²) in [5.41, 5.74) is 18.8. The lowest BCUT2D eigenvalue weighted by Gasteiger charge is -2.29. The van der Waals surface area contributed by atoms with Crippen LogP contribution in [0.1, 0.15) is 49.9 Å². The topological polar surface area (TPSA) is 0 Å². The van der Waals surface area contributed by atoms with Crippen LogP contribution >= 0.6 is 0 Å². The fraction of sp³-hybridized carbons (Fsp3) is 0.120. The molecule has 0 heterocycles. The summed E-state index contributed by atoms with van der Waals surface area (Å²) in [4.78, 5) is 0. The number of benzene rings is 8. The molecule has 10 rings (SSSR count). The molecule has 0 nitrogen and oxygen atoms in total. The molecule has 0 spiro atoms. The third kappa shape index (κ3) is 3.88. The first-order valence-electron chi connectivity index (χ1n) is 17.9. The van der Waals surface area contributed by atoms with Crippen molar-refractivity contribution in [3.05, 3.63) is 180 Å². The molecule has 0 fully saturated rings. The van der Waals surface area contributed by atoms with Gasteiger partial charge in [0.1, 0.15) is 0 Å². The Bertz CT molecular complexity index is 2610. The Morgan fingerprint density at radius 3 is 1.26 bits per heavy atom. The minimum absolute atomic E-state index is 0.0834. The van der Waals surface area contributed by atoms with Gasteiger partial charge in [0, 0.05) is 10.8 Å². The van der Waals surface area contributed by atoms with Crippen LogP contribution in [0.15, 0.2) is 158 Å². The van der Waals surface area contributed by atoms with Gasteiger partial charge >= 0.3 is 0 Å². The van der Waals surface area contributed by atoms with E-state index in [0.717, 1.165) is 0 Å². The molecule has 0 saturated carbocycles. The van der Waals surface area contributed by atoms with E-state index in [9.17, 15) is 0 Å². The van der Waals surface area contributed by atoms with Crippen molar-refractivity contribution < 1.29 is 0 Å². The normalized spacial score (nSPS) is 14.7. The monoisotopic (exact) mass is 638 g/mol. The summed E-state index contributed by atoms with van der Waals surface area (Å²) in [6, 6.07) is 58.9. The van der Waals surface area contributed by atoms with E-state index in [2.05, 4.69) is 185 Å². The standard InChI is InChI=1S/C50H38/c1-49(2)42-24-14-12-18-34(42)41-30-40(47-46(48(41)49)39-23-13-15-25-43(39)50(47,3)4)31-26-28-33(29-27-31)45-37-21-10-8-19-35(37)44(32-16-6-5-7-17-32)36-20-9-11-22-38(36)45/h5-30H,1-4H3. The first-order valence-corrected chi connectivity index (χ1v) is 17.9. The zero-order valence-electron chi connectivity index (χ0n) is 29.0. The van der Waals surface area contributed by atoms with Gasteiger partial charge in [-0.1, -0.05) is 179 Å². The molecule has 0 heteroatoms. The van der Waals surface area contributed by atoms with E-state index in [4.69, 9.17) is 0 Å². The maximum Gasteiger partial charge on any atom is 0.0165 e. The smallest absolute Gasteiger partial charge is 0.0165 e. The Kier molecular flexibility index (Phi) is 6.07. The second-order valence-corrected chi connectivity index (χ2v) is 15.2. The molecule has 0 saturated heterocycles. The second kappa shape index (κ2) is 10.4. The van der Waals surface area contributed by atoms with E-state index in [1.807, 2.05) is 0 Å². The summed E-state index contributed by atoms with van der Waals surface area (Å²) in [7, 11) is 0. The molecular formula is C50H38. The Hall–Kier alpha value is -5.72. The molecule has 0 bridgehead atoms. The molecule has 0 amide bonds. The Balaban J connectivity index is 1.22. The molecule has 0 aromatic heterocycles. The molecule has 8 aromatic rings. The molecule has 0 N–H and O–H groups in total. The highest BCUT2D eigenvalue weighted by Crippen LogP contribution is 2.61. The van der Waals surface area contributed by atoms with Crippen molar-refractivity contribution in [1.82, 2.24) is 0 Å². The summed E-state index contributed by atoms with van der Waals surface area (Å²) in [6.07, 6.45) is 0. The quantitative estimate of drug-likeness (QED) is 0.169. The summed E-state index contributed by atoms with van der Waals surface area (Å²) in [6.45, 7) is 9.67. The van der Waals surface area contributed by atoms with Crippen molar-refractivity contribution in [3.8, 4) is 55.6 Å². The Morgan fingerprint density at radius 2 is 0.700 bits per heavy atom. The largest absolute Gasteiger partial charge is 0.0622 e. The first-order chi connectivity index (χ1) is 24.4. The van der Waals surface area contributed by atoms with Gasteiger partial charge in [-0.05, 0) is 105 Å². The maximum absolute atomic E-state index is 2.52. The number of hydrogen-bond acceptors (Lipinski definition) is 0. The van der Waals surface area contributed by atoms with E-state index in [0.29, 0.717) is 0 Å². The van der Waals surface area contributed by atoms with Crippen LogP contribution < -0.4 is 0 Å². The fourth-order valence-electron chi connectivity index (χ4n) is 9.64. The lowest BCUT2D eigenvalue weighted by atomic mass is 9.74. The minimum atomic E-state index is -0.126. The molecule has 0 atom stereocenters. The molecule has 50 heavy (non-hydrogen) atoms. The molecule has 8 aromatic carbocycles. The highest BCUT2D eigenvalue weighted by molar-refractivity contribution is 6.21. The van der Waals surface area contributed by atoms with Crippen molar-refractivity contribution in [2.75, 3.05) is 0 Å². The lowest BCUT2D eigenvalue weighted by molar-refractivity contribution is 0.648. The van der Waals surface area contributed by atoms with E-state index in [-0.39, 0.29) is 10.8 Å². The number of hydrogen-bond donors (Lipinski definition) is 0. The Labute approximate surface area is 294 Å². The van der Waals surface area contributed by atoms with E-state index >= 15 is 0 Å². The van der Waals surface area contributed by atoms with Gasteiger partial charge in [-0.15, -0.1) is 0 Å². The van der Waals surface area contributed by atoms with Crippen molar-refractivity contribution in [3.63, 3.8) is 0 Å². The molecule has 2 aliphatic carbocycles. The van der Waals surface area contributed by atoms with Crippen LogP contribution in [-0.2, 0) is 10.8 Å². The van der Waals surface area contributed by atoms with Crippen LogP contribution in [0, 0.1) is 0 Å². The second-order valence-electron chi connectivity index (χ2n) is 15.2. The third-order valence-corrected chi connectivity index (χ3v) is 11.8. The summed E-state index contributed by atoms with van der Waals surface area (Å²) < 4.78 is 0. The predicted molar refractivity (Wildman–Crippen MR) is 213 cm³/mol. The van der Waals surface area contributed by atoms with Gasteiger partial charge in [0.05, 0.1) is 0 Å². The van der Waals surface area contributed by atoms with Crippen LogP contribution in [0.4, 0.5) is 0 Å². The lowest BCUT2D eigenvalue weighted by Crippen LogP contribution is -2.19. The average molecular weight is 639 g/mol. The van der Waals surface area contributed by atoms with Gasteiger partial charge in [0.15, 0.2) is 0 Å². The highest BCUT2D eigenvalue weighted by atomic mass is 14.5. The zero-order chi connectivity index (χ0) is 33.8. The van der Waals surface area contributed by atoms with Gasteiger partial charge in [-0.2, -0.15) is 0 Å². The Morgan fingerprint density at radius 1 is 0.300 bits per heavy atom. The molecule has 2 aliphatic rings. The van der Waals surface area contributed by atoms with Crippen LogP contribution in [-0.4, -0.2) is 0 Å². The van der Waals surface area contributed by atoms with Gasteiger partial charge < -0.3 is 0 Å². The van der Waals surface area contributed by atoms with Gasteiger partial charge in [0.2, 0.25) is 0 Å². The molecule has 0 radical (unpaired) electrons. The molecule has 238 valence electrons. The SMILES string of the molecule is CC1(C)c2ccccc2-c2c1c(-c1ccc(-c3c4ccccc4c(-c4ccccc4)c4ccccc34)cc1)cc1c2C(C)(C)c2ccccc2-1. The number of fused-ring (bicyclic) bond motifs is 9. The third-order valence-electron chi connectivity index (χ3n) is 11.8. The van der Waals surface area contributed by atoms with E-state index < -0.39 is 0 Å². The van der Waals surface area contributed by atoms with Crippen LogP contribution in [0.2, 0.25) is 0 Å². The van der Waals surface area contributed by atoms with E-state index in [1.165, 1.54) is 99.4 Å². The van der Waals surface area contributed by atoms with Gasteiger partial charge in [-0.3, -0.25) is 0 Å². The van der Waals surface area contributed by atoms with Gasteiger partial charge in [-0.25, -0.2) is 0 Å². The van der Waals surface area contributed by atoms with Crippen molar-refractivity contribution in [1.29, 1.82) is 0 Å². The van der Waals surface area contributed by atoms with Crippen molar-refractivity contribution >= 4 is 21.5 Å². The maximum atomic E-state index is 2.52. The highest BCUT2D eigenvalue weighted by Gasteiger charge is 2.46. The minimum Gasteiger partial charge on any atom is -0.0622 e.